The molecule has 1 heterocycles. The Kier molecular flexibility index (Phi) is 3.99. The van der Waals surface area contributed by atoms with E-state index in [0.717, 1.165) is 12.8 Å². The van der Waals surface area contributed by atoms with Gasteiger partial charge in [0.2, 0.25) is 0 Å². The quantitative estimate of drug-likeness (QED) is 0.837. The van der Waals surface area contributed by atoms with Crippen LogP contribution in [0.3, 0.4) is 0 Å². The summed E-state index contributed by atoms with van der Waals surface area (Å²) < 4.78 is 26.1. The van der Waals surface area contributed by atoms with E-state index in [-0.39, 0.29) is 11.6 Å². The van der Waals surface area contributed by atoms with Gasteiger partial charge in [-0.25, -0.2) is 13.4 Å². The van der Waals surface area contributed by atoms with Crippen molar-refractivity contribution in [3.63, 3.8) is 0 Å². The maximum atomic E-state index is 12.3. The van der Waals surface area contributed by atoms with E-state index in [1.54, 1.807) is 6.07 Å². The minimum atomic E-state index is -3.49. The first kappa shape index (κ1) is 13.5. The fourth-order valence-electron chi connectivity index (χ4n) is 1.77. The molecule has 18 heavy (non-hydrogen) atoms. The Labute approximate surface area is 108 Å². The Bertz CT molecular complexity index is 495. The van der Waals surface area contributed by atoms with Gasteiger partial charge in [0.25, 0.3) is 10.0 Å². The van der Waals surface area contributed by atoms with E-state index in [1.807, 2.05) is 6.92 Å². The summed E-state index contributed by atoms with van der Waals surface area (Å²) in [6.45, 7) is 2.75. The van der Waals surface area contributed by atoms with Crippen molar-refractivity contribution >= 4 is 10.0 Å². The van der Waals surface area contributed by atoms with E-state index in [1.165, 1.54) is 16.6 Å². The highest BCUT2D eigenvalue weighted by molar-refractivity contribution is 7.89. The van der Waals surface area contributed by atoms with Gasteiger partial charge < -0.3 is 5.11 Å². The van der Waals surface area contributed by atoms with Gasteiger partial charge in [0.05, 0.1) is 6.61 Å². The first-order chi connectivity index (χ1) is 8.57. The summed E-state index contributed by atoms with van der Waals surface area (Å²) >= 11 is 0. The molecule has 1 aliphatic rings. The Morgan fingerprint density at radius 2 is 2.17 bits per heavy atom. The molecule has 100 valence electrons. The summed E-state index contributed by atoms with van der Waals surface area (Å²) in [6, 6.07) is 3.04. The minimum Gasteiger partial charge on any atom is -0.392 e. The topological polar surface area (TPSA) is 70.5 Å². The molecule has 1 saturated carbocycles. The van der Waals surface area contributed by atoms with E-state index in [9.17, 15) is 8.42 Å². The van der Waals surface area contributed by atoms with Gasteiger partial charge in [-0.05, 0) is 30.4 Å². The molecule has 0 atom stereocenters. The van der Waals surface area contributed by atoms with Crippen molar-refractivity contribution in [1.82, 2.24) is 9.29 Å². The van der Waals surface area contributed by atoms with E-state index in [2.05, 4.69) is 4.98 Å². The molecule has 1 N–H and O–H groups in total. The third kappa shape index (κ3) is 2.88. The summed E-state index contributed by atoms with van der Waals surface area (Å²) in [5.74, 6) is 0.511. The molecule has 2 rings (SSSR count). The number of nitrogens with zero attached hydrogens (tertiary/aromatic N) is 2. The third-order valence-electron chi connectivity index (χ3n) is 3.10. The summed E-state index contributed by atoms with van der Waals surface area (Å²) in [6.07, 6.45) is 3.63. The van der Waals surface area contributed by atoms with Crippen LogP contribution in [0, 0.1) is 5.92 Å². The lowest BCUT2D eigenvalue weighted by Gasteiger charge is -2.19. The number of rotatable bonds is 6. The van der Waals surface area contributed by atoms with Crippen molar-refractivity contribution in [1.29, 1.82) is 0 Å². The second kappa shape index (κ2) is 5.34. The van der Waals surface area contributed by atoms with Gasteiger partial charge in [0.15, 0.2) is 5.03 Å². The van der Waals surface area contributed by atoms with Gasteiger partial charge >= 0.3 is 0 Å². The van der Waals surface area contributed by atoms with Gasteiger partial charge in [0.1, 0.15) is 0 Å². The molecule has 1 fully saturated rings. The average Bonchev–Trinajstić information content (AvgIpc) is 3.19. The minimum absolute atomic E-state index is 0.0576. The molecule has 0 aliphatic heterocycles. The van der Waals surface area contributed by atoms with E-state index in [4.69, 9.17) is 5.11 Å². The molecule has 0 saturated heterocycles. The Morgan fingerprint density at radius 3 is 2.61 bits per heavy atom. The monoisotopic (exact) mass is 270 g/mol. The maximum absolute atomic E-state index is 12.3. The van der Waals surface area contributed by atoms with Crippen LogP contribution in [-0.4, -0.2) is 35.9 Å². The summed E-state index contributed by atoms with van der Waals surface area (Å²) in [4.78, 5) is 3.93. The number of sulfonamides is 1. The fourth-order valence-corrected chi connectivity index (χ4v) is 3.21. The molecule has 0 radical (unpaired) electrons. The van der Waals surface area contributed by atoms with Gasteiger partial charge in [-0.2, -0.15) is 4.31 Å². The van der Waals surface area contributed by atoms with E-state index >= 15 is 0 Å². The molecule has 0 unspecified atom stereocenters. The Hall–Kier alpha value is -0.980. The molecule has 1 aliphatic carbocycles. The smallest absolute Gasteiger partial charge is 0.260 e. The molecular weight excluding hydrogens is 252 g/mol. The van der Waals surface area contributed by atoms with Crippen LogP contribution < -0.4 is 0 Å². The van der Waals surface area contributed by atoms with Crippen LogP contribution in [-0.2, 0) is 16.6 Å². The van der Waals surface area contributed by atoms with Crippen molar-refractivity contribution < 1.29 is 13.5 Å². The predicted molar refractivity (Wildman–Crippen MR) is 67.3 cm³/mol. The first-order valence-corrected chi connectivity index (χ1v) is 7.58. The zero-order valence-electron chi connectivity index (χ0n) is 10.4. The zero-order valence-corrected chi connectivity index (χ0v) is 11.2. The van der Waals surface area contributed by atoms with Crippen LogP contribution in [0.4, 0.5) is 0 Å². The average molecular weight is 270 g/mol. The molecule has 0 bridgehead atoms. The maximum Gasteiger partial charge on any atom is 0.260 e. The van der Waals surface area contributed by atoms with Crippen LogP contribution in [0.5, 0.6) is 0 Å². The van der Waals surface area contributed by atoms with Crippen molar-refractivity contribution in [2.24, 2.45) is 5.92 Å². The van der Waals surface area contributed by atoms with E-state index in [0.29, 0.717) is 24.6 Å². The summed E-state index contributed by atoms with van der Waals surface area (Å²) in [5.41, 5.74) is 0.610. The van der Waals surface area contributed by atoms with Crippen LogP contribution >= 0.6 is 0 Å². The molecule has 0 amide bonds. The molecule has 1 aromatic heterocycles. The highest BCUT2D eigenvalue weighted by Gasteiger charge is 2.31. The lowest BCUT2D eigenvalue weighted by molar-refractivity contribution is 0.281. The Balaban J connectivity index is 2.21. The molecular formula is C12H18N2O3S. The lowest BCUT2D eigenvalue weighted by atomic mass is 10.3. The SMILES string of the molecule is CCN(CC1CC1)S(=O)(=O)c1ccc(CO)cn1. The standard InChI is InChI=1S/C12H18N2O3S/c1-2-14(8-10-3-4-10)18(16,17)12-6-5-11(9-15)7-13-12/h5-7,10,15H,2-4,8-9H2,1H3. The van der Waals surface area contributed by atoms with Crippen LogP contribution in [0.1, 0.15) is 25.3 Å². The molecule has 6 heteroatoms. The predicted octanol–water partition coefficient (Wildman–Crippen LogP) is 0.995. The number of pyridine rings is 1. The second-order valence-corrected chi connectivity index (χ2v) is 6.45. The van der Waals surface area contributed by atoms with Gasteiger partial charge in [-0.15, -0.1) is 0 Å². The van der Waals surface area contributed by atoms with Crippen molar-refractivity contribution in [2.45, 2.75) is 31.4 Å². The van der Waals surface area contributed by atoms with Crippen molar-refractivity contribution in [3.05, 3.63) is 23.9 Å². The summed E-state index contributed by atoms with van der Waals surface area (Å²) in [7, 11) is -3.49. The normalized spacial score (nSPS) is 16.2. The van der Waals surface area contributed by atoms with Crippen LogP contribution in [0.15, 0.2) is 23.4 Å². The van der Waals surface area contributed by atoms with Gasteiger partial charge in [-0.3, -0.25) is 0 Å². The number of hydrogen-bond donors (Lipinski definition) is 1. The third-order valence-corrected chi connectivity index (χ3v) is 4.95. The summed E-state index contributed by atoms with van der Waals surface area (Å²) in [5, 5.41) is 8.97. The zero-order chi connectivity index (χ0) is 13.2. The van der Waals surface area contributed by atoms with E-state index < -0.39 is 10.0 Å². The highest BCUT2D eigenvalue weighted by Crippen LogP contribution is 2.31. The van der Waals surface area contributed by atoms with Gasteiger partial charge in [-0.1, -0.05) is 13.0 Å². The molecule has 5 nitrogen and oxygen atoms in total. The number of aliphatic hydroxyl groups is 1. The molecule has 0 spiro atoms. The number of aromatic nitrogens is 1. The van der Waals surface area contributed by atoms with Crippen molar-refractivity contribution in [3.8, 4) is 0 Å². The largest absolute Gasteiger partial charge is 0.392 e. The van der Waals surface area contributed by atoms with Crippen LogP contribution in [0.2, 0.25) is 0 Å². The fraction of sp³-hybridized carbons (Fsp3) is 0.583. The van der Waals surface area contributed by atoms with Crippen molar-refractivity contribution in [2.75, 3.05) is 13.1 Å². The number of hydrogen-bond acceptors (Lipinski definition) is 4. The molecule has 0 aromatic carbocycles. The Morgan fingerprint density at radius 1 is 1.44 bits per heavy atom. The molecule has 1 aromatic rings. The first-order valence-electron chi connectivity index (χ1n) is 6.14. The lowest BCUT2D eigenvalue weighted by Crippen LogP contribution is -2.33. The van der Waals surface area contributed by atoms with Crippen LogP contribution in [0.25, 0.3) is 0 Å². The second-order valence-electron chi connectivity index (χ2n) is 4.56. The van der Waals surface area contributed by atoms with Gasteiger partial charge in [0, 0.05) is 19.3 Å². The highest BCUT2D eigenvalue weighted by atomic mass is 32.2. The number of aliphatic hydroxyl groups excluding tert-OH is 1.